The Bertz CT molecular complexity index is 1080. The van der Waals surface area contributed by atoms with Gasteiger partial charge in [-0.2, -0.15) is 0 Å². The van der Waals surface area contributed by atoms with E-state index in [0.717, 1.165) is 16.5 Å². The van der Waals surface area contributed by atoms with Gasteiger partial charge in [0.2, 0.25) is 0 Å². The molecule has 9 heteroatoms. The molecule has 0 bridgehead atoms. The van der Waals surface area contributed by atoms with Crippen molar-refractivity contribution in [2.24, 2.45) is 0 Å². The monoisotopic (exact) mass is 448 g/mol. The van der Waals surface area contributed by atoms with Gasteiger partial charge in [0.1, 0.15) is 16.7 Å². The average Bonchev–Trinajstić information content (AvgIpc) is 2.66. The van der Waals surface area contributed by atoms with Crippen LogP contribution in [0.4, 0.5) is 11.6 Å². The lowest BCUT2D eigenvalue weighted by molar-refractivity contribution is 0.414. The maximum absolute atomic E-state index is 13.0. The van der Waals surface area contributed by atoms with Crippen molar-refractivity contribution >= 4 is 48.1 Å². The number of benzene rings is 1. The zero-order chi connectivity index (χ0) is 21.2. The maximum atomic E-state index is 13.0. The van der Waals surface area contributed by atoms with E-state index in [4.69, 9.17) is 27.9 Å². The average molecular weight is 449 g/mol. The van der Waals surface area contributed by atoms with Gasteiger partial charge >= 0.3 is 0 Å². The number of aromatic nitrogens is 3. The highest BCUT2D eigenvalue weighted by molar-refractivity contribution is 6.89. The zero-order valence-electron chi connectivity index (χ0n) is 16.7. The molecule has 1 aromatic carbocycles. The number of nitrogens with zero attached hydrogens (tertiary/aromatic N) is 3. The fraction of sp³-hybridized carbons (Fsp3) is 0.250. The molecule has 0 saturated carbocycles. The smallest absolute Gasteiger partial charge is 0.294 e. The van der Waals surface area contributed by atoms with E-state index in [9.17, 15) is 4.79 Å². The summed E-state index contributed by atoms with van der Waals surface area (Å²) in [6.45, 7) is 6.89. The number of pyridine rings is 1. The Kier molecular flexibility index (Phi) is 6.31. The topological polar surface area (TPSA) is 69.0 Å². The molecule has 3 aromatic rings. The SMILES string of the molecule is COc1ccc(Cn2cc(Cl)nc(Nc3ncc(Cl)cc3[Si](C)(C)C)c2=O)cc1. The molecule has 152 valence electrons. The third-order valence-corrected chi connectivity index (χ3v) is 6.74. The minimum atomic E-state index is -1.77. The second-order valence-corrected chi connectivity index (χ2v) is 13.5. The van der Waals surface area contributed by atoms with Crippen LogP contribution < -0.4 is 20.8 Å². The molecule has 2 aromatic heterocycles. The van der Waals surface area contributed by atoms with E-state index in [1.165, 1.54) is 10.8 Å². The molecule has 0 spiro atoms. The largest absolute Gasteiger partial charge is 0.497 e. The molecule has 0 aliphatic carbocycles. The van der Waals surface area contributed by atoms with Crippen molar-refractivity contribution < 1.29 is 4.74 Å². The van der Waals surface area contributed by atoms with E-state index in [1.807, 2.05) is 30.3 Å². The van der Waals surface area contributed by atoms with Gasteiger partial charge in [-0.1, -0.05) is 55.0 Å². The Morgan fingerprint density at radius 2 is 1.83 bits per heavy atom. The molecule has 0 unspecified atom stereocenters. The van der Waals surface area contributed by atoms with Crippen LogP contribution in [0.15, 0.2) is 47.5 Å². The van der Waals surface area contributed by atoms with Gasteiger partial charge in [0, 0.05) is 12.4 Å². The van der Waals surface area contributed by atoms with Crippen molar-refractivity contribution in [3.8, 4) is 5.75 Å². The van der Waals surface area contributed by atoms with Gasteiger partial charge in [0.05, 0.1) is 26.8 Å². The maximum Gasteiger partial charge on any atom is 0.294 e. The van der Waals surface area contributed by atoms with Crippen molar-refractivity contribution in [3.05, 3.63) is 68.8 Å². The molecule has 0 amide bonds. The third-order valence-electron chi connectivity index (χ3n) is 4.36. The van der Waals surface area contributed by atoms with E-state index in [0.29, 0.717) is 17.4 Å². The molecule has 6 nitrogen and oxygen atoms in total. The summed E-state index contributed by atoms with van der Waals surface area (Å²) in [5.74, 6) is 1.46. The number of methoxy groups -OCH3 is 1. The van der Waals surface area contributed by atoms with Gasteiger partial charge in [0.25, 0.3) is 5.56 Å². The normalized spacial score (nSPS) is 11.4. The molecule has 0 atom stereocenters. The van der Waals surface area contributed by atoms with Crippen LogP contribution >= 0.6 is 23.2 Å². The molecule has 0 radical (unpaired) electrons. The summed E-state index contributed by atoms with van der Waals surface area (Å²) in [5, 5.41) is 4.85. The number of nitrogens with one attached hydrogen (secondary N) is 1. The van der Waals surface area contributed by atoms with Crippen molar-refractivity contribution in [1.82, 2.24) is 14.5 Å². The lowest BCUT2D eigenvalue weighted by Crippen LogP contribution is -2.40. The molecule has 0 saturated heterocycles. The van der Waals surface area contributed by atoms with Gasteiger partial charge in [0.15, 0.2) is 5.82 Å². The standard InChI is InChI=1S/C20H22Cl2N4O2Si/c1-28-15-7-5-13(6-8-15)11-26-12-17(22)24-19(20(26)27)25-18-16(29(2,3)4)9-14(21)10-23-18/h5-10,12H,11H2,1-4H3,(H,23,24,25). The molecule has 3 rings (SSSR count). The number of hydrogen-bond donors (Lipinski definition) is 1. The lowest BCUT2D eigenvalue weighted by Gasteiger charge is -2.21. The Hall–Kier alpha value is -2.35. The van der Waals surface area contributed by atoms with Gasteiger partial charge in [-0.15, -0.1) is 0 Å². The zero-order valence-corrected chi connectivity index (χ0v) is 19.2. The third kappa shape index (κ3) is 5.17. The van der Waals surface area contributed by atoms with Gasteiger partial charge < -0.3 is 14.6 Å². The first-order chi connectivity index (χ1) is 13.7. The molecule has 0 aliphatic heterocycles. The van der Waals surface area contributed by atoms with Gasteiger partial charge in [-0.25, -0.2) is 9.97 Å². The molecule has 29 heavy (non-hydrogen) atoms. The summed E-state index contributed by atoms with van der Waals surface area (Å²) in [6, 6.07) is 9.39. The van der Waals surface area contributed by atoms with Crippen molar-refractivity contribution in [2.75, 3.05) is 12.4 Å². The number of ether oxygens (including phenoxy) is 1. The highest BCUT2D eigenvalue weighted by atomic mass is 35.5. The van der Waals surface area contributed by atoms with Crippen LogP contribution in [0.5, 0.6) is 5.75 Å². The van der Waals surface area contributed by atoms with E-state index in [2.05, 4.69) is 34.9 Å². The van der Waals surface area contributed by atoms with Crippen LogP contribution in [0.25, 0.3) is 0 Å². The van der Waals surface area contributed by atoms with E-state index in [1.54, 1.807) is 13.3 Å². The van der Waals surface area contributed by atoms with Crippen LogP contribution in [-0.4, -0.2) is 29.7 Å². The summed E-state index contributed by atoms with van der Waals surface area (Å²) in [4.78, 5) is 21.6. The van der Waals surface area contributed by atoms with Crippen molar-refractivity contribution in [1.29, 1.82) is 0 Å². The summed E-state index contributed by atoms with van der Waals surface area (Å²) < 4.78 is 6.69. The van der Waals surface area contributed by atoms with Crippen LogP contribution in [0, 0.1) is 0 Å². The first-order valence-electron chi connectivity index (χ1n) is 9.00. The number of halogens is 2. The minimum absolute atomic E-state index is 0.125. The van der Waals surface area contributed by atoms with Crippen molar-refractivity contribution in [2.45, 2.75) is 26.2 Å². The molecule has 2 heterocycles. The highest BCUT2D eigenvalue weighted by Gasteiger charge is 2.23. The highest BCUT2D eigenvalue weighted by Crippen LogP contribution is 2.18. The molecule has 0 fully saturated rings. The molecular formula is C20H22Cl2N4O2Si. The lowest BCUT2D eigenvalue weighted by atomic mass is 10.2. The number of rotatable bonds is 6. The predicted molar refractivity (Wildman–Crippen MR) is 121 cm³/mol. The number of hydrogen-bond acceptors (Lipinski definition) is 5. The van der Waals surface area contributed by atoms with Crippen LogP contribution in [-0.2, 0) is 6.54 Å². The second kappa shape index (κ2) is 8.57. The first kappa shape index (κ1) is 21.4. The quantitative estimate of drug-likeness (QED) is 0.569. The summed E-state index contributed by atoms with van der Waals surface area (Å²) in [5.41, 5.74) is 0.650. The Morgan fingerprint density at radius 3 is 2.45 bits per heavy atom. The summed E-state index contributed by atoms with van der Waals surface area (Å²) >= 11 is 12.3. The second-order valence-electron chi connectivity index (χ2n) is 7.62. The Labute approximate surface area is 180 Å². The molecule has 0 aliphatic rings. The Morgan fingerprint density at radius 1 is 1.14 bits per heavy atom. The fourth-order valence-corrected chi connectivity index (χ4v) is 4.73. The summed E-state index contributed by atoms with van der Waals surface area (Å²) in [6.07, 6.45) is 3.07. The van der Waals surface area contributed by atoms with E-state index in [-0.39, 0.29) is 16.5 Å². The minimum Gasteiger partial charge on any atom is -0.497 e. The number of anilines is 2. The van der Waals surface area contributed by atoms with Crippen molar-refractivity contribution in [3.63, 3.8) is 0 Å². The van der Waals surface area contributed by atoms with Gasteiger partial charge in [-0.3, -0.25) is 4.79 Å². The first-order valence-corrected chi connectivity index (χ1v) is 13.3. The van der Waals surface area contributed by atoms with Crippen LogP contribution in [0.3, 0.4) is 0 Å². The predicted octanol–water partition coefficient (Wildman–Crippen LogP) is 4.29. The van der Waals surface area contributed by atoms with E-state index >= 15 is 0 Å². The van der Waals surface area contributed by atoms with Gasteiger partial charge in [-0.05, 0) is 28.9 Å². The Balaban J connectivity index is 1.97. The fourth-order valence-electron chi connectivity index (χ4n) is 2.86. The van der Waals surface area contributed by atoms with E-state index < -0.39 is 8.07 Å². The molecule has 1 N–H and O–H groups in total. The van der Waals surface area contributed by atoms with Crippen LogP contribution in [0.2, 0.25) is 29.8 Å². The summed E-state index contributed by atoms with van der Waals surface area (Å²) in [7, 11) is -0.158. The molecular weight excluding hydrogens is 427 g/mol. The van der Waals surface area contributed by atoms with Crippen LogP contribution in [0.1, 0.15) is 5.56 Å².